The van der Waals surface area contributed by atoms with Crippen LogP contribution in [0.2, 0.25) is 0 Å². The molecule has 0 aromatic rings. The summed E-state index contributed by atoms with van der Waals surface area (Å²) in [6, 6.07) is 0. The van der Waals surface area contributed by atoms with Crippen molar-refractivity contribution in [2.75, 3.05) is 13.2 Å². The van der Waals surface area contributed by atoms with E-state index in [4.69, 9.17) is 14.2 Å². The van der Waals surface area contributed by atoms with Crippen LogP contribution in [-0.2, 0) is 28.6 Å². The van der Waals surface area contributed by atoms with Gasteiger partial charge in [0.1, 0.15) is 13.2 Å². The van der Waals surface area contributed by atoms with Gasteiger partial charge in [0.2, 0.25) is 0 Å². The number of allylic oxidation sites excluding steroid dienone is 6. The zero-order valence-electron chi connectivity index (χ0n) is 40.0. The van der Waals surface area contributed by atoms with Crippen molar-refractivity contribution in [1.29, 1.82) is 0 Å². The topological polar surface area (TPSA) is 78.9 Å². The molecule has 6 heteroatoms. The standard InChI is InChI=1S/C54H98O6/c1-4-7-10-13-16-19-21-23-25-26-27-29-30-32-35-38-41-44-47-53(56)59-50-51(49-58-52(55)46-43-40-37-34-18-15-12-9-6-3)60-54(57)48-45-42-39-36-33-31-28-24-22-20-17-14-11-8-5-2/h17,20,22,24,27,29,51H,4-16,18-19,21,23,25-26,28,30-50H2,1-3H3/b20-17-,24-22-,29-27-. The maximum atomic E-state index is 12.8. The van der Waals surface area contributed by atoms with E-state index in [1.165, 1.54) is 161 Å². The van der Waals surface area contributed by atoms with Crippen LogP contribution in [0.5, 0.6) is 0 Å². The zero-order chi connectivity index (χ0) is 43.7. The second kappa shape index (κ2) is 49.3. The number of esters is 3. The summed E-state index contributed by atoms with van der Waals surface area (Å²) in [7, 11) is 0. The molecule has 6 nitrogen and oxygen atoms in total. The van der Waals surface area contributed by atoms with E-state index in [1.54, 1.807) is 0 Å². The van der Waals surface area contributed by atoms with Gasteiger partial charge in [-0.2, -0.15) is 0 Å². The lowest BCUT2D eigenvalue weighted by Gasteiger charge is -2.18. The summed E-state index contributed by atoms with van der Waals surface area (Å²) in [6.07, 6.45) is 57.0. The Balaban J connectivity index is 4.32. The minimum atomic E-state index is -0.777. The Morgan fingerprint density at radius 1 is 0.333 bits per heavy atom. The second-order valence-electron chi connectivity index (χ2n) is 17.5. The van der Waals surface area contributed by atoms with Gasteiger partial charge in [0.15, 0.2) is 6.10 Å². The van der Waals surface area contributed by atoms with Gasteiger partial charge >= 0.3 is 17.9 Å². The van der Waals surface area contributed by atoms with Crippen LogP contribution in [0.15, 0.2) is 36.5 Å². The van der Waals surface area contributed by atoms with Crippen molar-refractivity contribution in [3.05, 3.63) is 36.5 Å². The first-order chi connectivity index (χ1) is 29.5. The van der Waals surface area contributed by atoms with Gasteiger partial charge in [-0.05, 0) is 70.6 Å². The van der Waals surface area contributed by atoms with Gasteiger partial charge in [0.05, 0.1) is 0 Å². The number of ether oxygens (including phenoxy) is 3. The number of hydrogen-bond donors (Lipinski definition) is 0. The summed E-state index contributed by atoms with van der Waals surface area (Å²) in [5.74, 6) is -0.892. The third-order valence-corrected chi connectivity index (χ3v) is 11.4. The SMILES string of the molecule is CCCCC/C=C\C=C/CCCCCCCCC(=O)OC(COC(=O)CCCCCCC/C=C\CCCCCCCCCCC)COC(=O)CCCCCCCCCCC. The fraction of sp³-hybridized carbons (Fsp3) is 0.833. The largest absolute Gasteiger partial charge is 0.462 e. The molecule has 0 aliphatic carbocycles. The molecule has 0 saturated carbocycles. The van der Waals surface area contributed by atoms with Crippen LogP contribution in [-0.4, -0.2) is 37.2 Å². The Hall–Kier alpha value is -2.37. The number of carbonyl (C=O) groups excluding carboxylic acids is 3. The van der Waals surface area contributed by atoms with Gasteiger partial charge in [0.25, 0.3) is 0 Å². The van der Waals surface area contributed by atoms with E-state index >= 15 is 0 Å². The van der Waals surface area contributed by atoms with E-state index in [2.05, 4.69) is 57.2 Å². The molecule has 0 heterocycles. The molecule has 0 aliphatic rings. The molecule has 60 heavy (non-hydrogen) atoms. The van der Waals surface area contributed by atoms with E-state index in [0.717, 1.165) is 70.6 Å². The van der Waals surface area contributed by atoms with Gasteiger partial charge in [-0.15, -0.1) is 0 Å². The Morgan fingerprint density at radius 2 is 0.600 bits per heavy atom. The highest BCUT2D eigenvalue weighted by atomic mass is 16.6. The van der Waals surface area contributed by atoms with Crippen molar-refractivity contribution in [3.8, 4) is 0 Å². The molecule has 0 aliphatic heterocycles. The first kappa shape index (κ1) is 57.6. The monoisotopic (exact) mass is 843 g/mol. The predicted octanol–water partition coefficient (Wildman–Crippen LogP) is 16.9. The van der Waals surface area contributed by atoms with E-state index in [1.807, 2.05) is 0 Å². The number of unbranched alkanes of at least 4 members (excludes halogenated alkanes) is 31. The van der Waals surface area contributed by atoms with Gasteiger partial charge in [0, 0.05) is 19.3 Å². The van der Waals surface area contributed by atoms with Crippen molar-refractivity contribution in [2.45, 2.75) is 277 Å². The third-order valence-electron chi connectivity index (χ3n) is 11.4. The van der Waals surface area contributed by atoms with Gasteiger partial charge < -0.3 is 14.2 Å². The molecule has 0 spiro atoms. The lowest BCUT2D eigenvalue weighted by Crippen LogP contribution is -2.30. The summed E-state index contributed by atoms with van der Waals surface area (Å²) in [4.78, 5) is 37.9. The molecule has 0 aromatic heterocycles. The molecule has 0 amide bonds. The van der Waals surface area contributed by atoms with Gasteiger partial charge in [-0.1, -0.05) is 218 Å². The average molecular weight is 843 g/mol. The second-order valence-corrected chi connectivity index (χ2v) is 17.5. The van der Waals surface area contributed by atoms with Crippen LogP contribution in [0.4, 0.5) is 0 Å². The first-order valence-electron chi connectivity index (χ1n) is 26.0. The molecule has 0 saturated heterocycles. The molecule has 350 valence electrons. The molecule has 1 unspecified atom stereocenters. The van der Waals surface area contributed by atoms with Crippen molar-refractivity contribution in [1.82, 2.24) is 0 Å². The number of hydrogen-bond acceptors (Lipinski definition) is 6. The molecule has 0 N–H and O–H groups in total. The lowest BCUT2D eigenvalue weighted by atomic mass is 10.1. The maximum Gasteiger partial charge on any atom is 0.306 e. The smallest absolute Gasteiger partial charge is 0.306 e. The summed E-state index contributed by atoms with van der Waals surface area (Å²) in [5, 5.41) is 0. The van der Waals surface area contributed by atoms with Crippen LogP contribution in [0.1, 0.15) is 271 Å². The van der Waals surface area contributed by atoms with Gasteiger partial charge in [-0.3, -0.25) is 14.4 Å². The van der Waals surface area contributed by atoms with Crippen LogP contribution in [0.25, 0.3) is 0 Å². The normalized spacial score (nSPS) is 12.2. The fourth-order valence-electron chi connectivity index (χ4n) is 7.43. The lowest BCUT2D eigenvalue weighted by molar-refractivity contribution is -0.167. The molecule has 0 fully saturated rings. The third kappa shape index (κ3) is 46.7. The molecular formula is C54H98O6. The quantitative estimate of drug-likeness (QED) is 0.0200. The Labute approximate surface area is 372 Å². The summed E-state index contributed by atoms with van der Waals surface area (Å²) in [5.41, 5.74) is 0. The molecule has 0 radical (unpaired) electrons. The molecular weight excluding hydrogens is 745 g/mol. The van der Waals surface area contributed by atoms with Crippen molar-refractivity contribution in [2.24, 2.45) is 0 Å². The molecule has 0 rings (SSSR count). The predicted molar refractivity (Wildman–Crippen MR) is 256 cm³/mol. The Bertz CT molecular complexity index is 1020. The van der Waals surface area contributed by atoms with Crippen LogP contribution in [0, 0.1) is 0 Å². The summed E-state index contributed by atoms with van der Waals surface area (Å²) >= 11 is 0. The fourth-order valence-corrected chi connectivity index (χ4v) is 7.43. The van der Waals surface area contributed by atoms with E-state index in [-0.39, 0.29) is 31.1 Å². The summed E-state index contributed by atoms with van der Waals surface area (Å²) < 4.78 is 16.8. The maximum absolute atomic E-state index is 12.8. The van der Waals surface area contributed by atoms with Crippen molar-refractivity contribution >= 4 is 17.9 Å². The average Bonchev–Trinajstić information content (AvgIpc) is 3.24. The Kier molecular flexibility index (Phi) is 47.3. The van der Waals surface area contributed by atoms with E-state index < -0.39 is 6.10 Å². The van der Waals surface area contributed by atoms with Gasteiger partial charge in [-0.25, -0.2) is 0 Å². The minimum absolute atomic E-state index is 0.0774. The van der Waals surface area contributed by atoms with Crippen LogP contribution >= 0.6 is 0 Å². The molecule has 0 bridgehead atoms. The van der Waals surface area contributed by atoms with E-state index in [9.17, 15) is 14.4 Å². The zero-order valence-corrected chi connectivity index (χ0v) is 40.0. The minimum Gasteiger partial charge on any atom is -0.462 e. The highest BCUT2D eigenvalue weighted by Gasteiger charge is 2.19. The Morgan fingerprint density at radius 3 is 0.967 bits per heavy atom. The molecule has 1 atom stereocenters. The van der Waals surface area contributed by atoms with E-state index in [0.29, 0.717) is 19.3 Å². The highest BCUT2D eigenvalue weighted by Crippen LogP contribution is 2.15. The first-order valence-corrected chi connectivity index (χ1v) is 26.0. The molecule has 0 aromatic carbocycles. The highest BCUT2D eigenvalue weighted by molar-refractivity contribution is 5.71. The van der Waals surface area contributed by atoms with Crippen molar-refractivity contribution in [3.63, 3.8) is 0 Å². The number of carbonyl (C=O) groups is 3. The van der Waals surface area contributed by atoms with Crippen molar-refractivity contribution < 1.29 is 28.6 Å². The number of rotatable bonds is 47. The van der Waals surface area contributed by atoms with Crippen LogP contribution < -0.4 is 0 Å². The summed E-state index contributed by atoms with van der Waals surface area (Å²) in [6.45, 7) is 6.59. The van der Waals surface area contributed by atoms with Crippen LogP contribution in [0.3, 0.4) is 0 Å².